The third-order valence-electron chi connectivity index (χ3n) is 2.94. The number of rotatable bonds is 5. The molecule has 2 N–H and O–H groups in total. The van der Waals surface area contributed by atoms with Crippen molar-refractivity contribution in [3.8, 4) is 0 Å². The molecular weight excluding hydrogens is 274 g/mol. The van der Waals surface area contributed by atoms with Crippen molar-refractivity contribution >= 4 is 17.5 Å². The Bertz CT molecular complexity index is 572. The smallest absolute Gasteiger partial charge is 0.223 e. The topological polar surface area (TPSA) is 49.3 Å². The van der Waals surface area contributed by atoms with Crippen LogP contribution in [0.3, 0.4) is 0 Å². The molecule has 104 valence electrons. The highest BCUT2D eigenvalue weighted by Crippen LogP contribution is 2.16. The second kappa shape index (κ2) is 7.08. The highest BCUT2D eigenvalue weighted by Gasteiger charge is 2.12. The first-order valence-electron chi connectivity index (χ1n) is 6.39. The van der Waals surface area contributed by atoms with Crippen LogP contribution in [0.2, 0.25) is 5.02 Å². The van der Waals surface area contributed by atoms with Gasteiger partial charge in [-0.2, -0.15) is 0 Å². The van der Waals surface area contributed by atoms with Gasteiger partial charge in [-0.1, -0.05) is 54.1 Å². The van der Waals surface area contributed by atoms with Crippen molar-refractivity contribution in [2.24, 2.45) is 0 Å². The van der Waals surface area contributed by atoms with E-state index >= 15 is 0 Å². The van der Waals surface area contributed by atoms with Crippen LogP contribution in [0.25, 0.3) is 0 Å². The van der Waals surface area contributed by atoms with E-state index in [1.165, 1.54) is 0 Å². The molecule has 0 spiro atoms. The second-order valence-electron chi connectivity index (χ2n) is 4.54. The summed E-state index contributed by atoms with van der Waals surface area (Å²) in [5, 5.41) is 13.4. The summed E-state index contributed by atoms with van der Waals surface area (Å²) in [6.07, 6.45) is -0.736. The van der Waals surface area contributed by atoms with E-state index in [4.69, 9.17) is 11.6 Å². The molecule has 0 fully saturated rings. The van der Waals surface area contributed by atoms with Crippen LogP contribution in [-0.2, 0) is 11.3 Å². The van der Waals surface area contributed by atoms with Crippen LogP contribution < -0.4 is 5.32 Å². The number of halogens is 1. The molecule has 1 atom stereocenters. The van der Waals surface area contributed by atoms with Crippen LogP contribution in [-0.4, -0.2) is 11.0 Å². The van der Waals surface area contributed by atoms with Crippen molar-refractivity contribution < 1.29 is 9.90 Å². The van der Waals surface area contributed by atoms with E-state index in [2.05, 4.69) is 5.32 Å². The summed E-state index contributed by atoms with van der Waals surface area (Å²) < 4.78 is 0. The fourth-order valence-corrected chi connectivity index (χ4v) is 2.10. The first-order chi connectivity index (χ1) is 9.65. The third-order valence-corrected chi connectivity index (χ3v) is 3.18. The second-order valence-corrected chi connectivity index (χ2v) is 4.97. The molecule has 4 heteroatoms. The predicted octanol–water partition coefficient (Wildman–Crippen LogP) is 3.08. The largest absolute Gasteiger partial charge is 0.388 e. The maximum atomic E-state index is 11.8. The van der Waals surface area contributed by atoms with Gasteiger partial charge >= 0.3 is 0 Å². The van der Waals surface area contributed by atoms with Crippen molar-refractivity contribution in [1.82, 2.24) is 5.32 Å². The fraction of sp³-hybridized carbons (Fsp3) is 0.188. The Morgan fingerprint density at radius 1 is 1.15 bits per heavy atom. The molecule has 0 aliphatic carbocycles. The fourth-order valence-electron chi connectivity index (χ4n) is 1.89. The summed E-state index contributed by atoms with van der Waals surface area (Å²) in [5.41, 5.74) is 1.67. The van der Waals surface area contributed by atoms with E-state index in [-0.39, 0.29) is 12.3 Å². The Kier molecular flexibility index (Phi) is 5.16. The zero-order chi connectivity index (χ0) is 14.4. The highest BCUT2D eigenvalue weighted by molar-refractivity contribution is 6.30. The number of aliphatic hydroxyl groups excluding tert-OH is 1. The predicted molar refractivity (Wildman–Crippen MR) is 79.3 cm³/mol. The zero-order valence-corrected chi connectivity index (χ0v) is 11.7. The number of nitrogens with one attached hydrogen (secondary N) is 1. The minimum Gasteiger partial charge on any atom is -0.388 e. The molecule has 0 bridgehead atoms. The molecule has 3 nitrogen and oxygen atoms in total. The van der Waals surface area contributed by atoms with Crippen LogP contribution in [0.5, 0.6) is 0 Å². The molecule has 0 heterocycles. The summed E-state index contributed by atoms with van der Waals surface area (Å²) >= 11 is 5.87. The molecule has 20 heavy (non-hydrogen) atoms. The van der Waals surface area contributed by atoms with Crippen LogP contribution in [0.1, 0.15) is 23.7 Å². The van der Waals surface area contributed by atoms with Crippen molar-refractivity contribution in [1.29, 1.82) is 0 Å². The van der Waals surface area contributed by atoms with Crippen molar-refractivity contribution in [2.75, 3.05) is 0 Å². The molecule has 0 aromatic heterocycles. The van der Waals surface area contributed by atoms with Gasteiger partial charge in [-0.05, 0) is 23.3 Å². The molecule has 2 aromatic carbocycles. The summed E-state index contributed by atoms with van der Waals surface area (Å²) in [4.78, 5) is 11.8. The van der Waals surface area contributed by atoms with Crippen LogP contribution in [0.4, 0.5) is 0 Å². The minimum absolute atomic E-state index is 0.0462. The van der Waals surface area contributed by atoms with Crippen molar-refractivity contribution in [2.45, 2.75) is 19.1 Å². The highest BCUT2D eigenvalue weighted by atomic mass is 35.5. The first kappa shape index (κ1) is 14.6. The Balaban J connectivity index is 1.84. The molecule has 0 aliphatic heterocycles. The number of carbonyl (C=O) groups is 1. The van der Waals surface area contributed by atoms with Gasteiger partial charge in [0.25, 0.3) is 0 Å². The molecule has 2 aromatic rings. The van der Waals surface area contributed by atoms with Gasteiger partial charge in [0.15, 0.2) is 0 Å². The van der Waals surface area contributed by atoms with E-state index in [0.29, 0.717) is 11.6 Å². The van der Waals surface area contributed by atoms with Gasteiger partial charge in [0.05, 0.1) is 12.5 Å². The van der Waals surface area contributed by atoms with Crippen LogP contribution >= 0.6 is 11.6 Å². The average Bonchev–Trinajstić information content (AvgIpc) is 2.46. The Labute approximate surface area is 123 Å². The van der Waals surface area contributed by atoms with Crippen LogP contribution in [0, 0.1) is 0 Å². The molecule has 1 unspecified atom stereocenters. The summed E-state index contributed by atoms with van der Waals surface area (Å²) in [7, 11) is 0. The van der Waals surface area contributed by atoms with Gasteiger partial charge < -0.3 is 10.4 Å². The molecule has 0 saturated heterocycles. The van der Waals surface area contributed by atoms with E-state index in [1.54, 1.807) is 24.3 Å². The van der Waals surface area contributed by atoms with Gasteiger partial charge in [0.1, 0.15) is 0 Å². The molecule has 0 saturated carbocycles. The number of hydrogen-bond donors (Lipinski definition) is 2. The van der Waals surface area contributed by atoms with Crippen LogP contribution in [0.15, 0.2) is 54.6 Å². The lowest BCUT2D eigenvalue weighted by Crippen LogP contribution is -2.24. The maximum Gasteiger partial charge on any atom is 0.223 e. The number of carbonyl (C=O) groups excluding carboxylic acids is 1. The minimum atomic E-state index is -0.782. The lowest BCUT2D eigenvalue weighted by Gasteiger charge is -2.11. The summed E-state index contributed by atoms with van der Waals surface area (Å²) in [5.74, 6) is -0.193. The van der Waals surface area contributed by atoms with Crippen molar-refractivity contribution in [3.05, 3.63) is 70.7 Å². The van der Waals surface area contributed by atoms with Gasteiger partial charge in [0.2, 0.25) is 5.91 Å². The number of benzene rings is 2. The normalized spacial score (nSPS) is 11.9. The van der Waals surface area contributed by atoms with E-state index in [0.717, 1.165) is 11.1 Å². The molecule has 2 rings (SSSR count). The molecule has 1 amide bonds. The lowest BCUT2D eigenvalue weighted by molar-refractivity contribution is -0.123. The van der Waals surface area contributed by atoms with E-state index in [9.17, 15) is 9.90 Å². The summed E-state index contributed by atoms with van der Waals surface area (Å²) in [6, 6.07) is 16.5. The standard InChI is InChI=1S/C16H16ClNO2/c17-14-8-4-5-12(9-14)11-18-16(20)10-15(19)13-6-2-1-3-7-13/h1-9,15,19H,10-11H2,(H,18,20). The van der Waals surface area contributed by atoms with Crippen molar-refractivity contribution in [3.63, 3.8) is 0 Å². The third kappa shape index (κ3) is 4.37. The first-order valence-corrected chi connectivity index (χ1v) is 6.77. The molecule has 0 aliphatic rings. The average molecular weight is 290 g/mol. The number of amides is 1. The monoisotopic (exact) mass is 289 g/mol. The molecular formula is C16H16ClNO2. The Hall–Kier alpha value is -1.84. The zero-order valence-electron chi connectivity index (χ0n) is 10.9. The lowest BCUT2D eigenvalue weighted by atomic mass is 10.1. The van der Waals surface area contributed by atoms with E-state index in [1.807, 2.05) is 30.3 Å². The molecule has 0 radical (unpaired) electrons. The number of aliphatic hydroxyl groups is 1. The summed E-state index contributed by atoms with van der Waals surface area (Å²) in [6.45, 7) is 0.404. The quantitative estimate of drug-likeness (QED) is 0.889. The van der Waals surface area contributed by atoms with E-state index < -0.39 is 6.10 Å². The number of hydrogen-bond acceptors (Lipinski definition) is 2. The van der Waals surface area contributed by atoms with Gasteiger partial charge in [-0.3, -0.25) is 4.79 Å². The Morgan fingerprint density at radius 2 is 1.90 bits per heavy atom. The van der Waals surface area contributed by atoms with Gasteiger partial charge in [0, 0.05) is 11.6 Å². The SMILES string of the molecule is O=C(CC(O)c1ccccc1)NCc1cccc(Cl)c1. The van der Waals surface area contributed by atoms with Gasteiger partial charge in [-0.15, -0.1) is 0 Å². The van der Waals surface area contributed by atoms with Gasteiger partial charge in [-0.25, -0.2) is 0 Å². The maximum absolute atomic E-state index is 11.8. The Morgan fingerprint density at radius 3 is 2.60 bits per heavy atom.